The minimum atomic E-state index is -0.786. The Hall–Kier alpha value is -6.06. The van der Waals surface area contributed by atoms with Gasteiger partial charge in [0.1, 0.15) is 28.0 Å². The van der Waals surface area contributed by atoms with E-state index in [2.05, 4.69) is 62.0 Å². The van der Waals surface area contributed by atoms with Gasteiger partial charge >= 0.3 is 12.2 Å². The van der Waals surface area contributed by atoms with E-state index in [1.54, 1.807) is 78.6 Å². The largest absolute Gasteiger partial charge is 0.443 e. The van der Waals surface area contributed by atoms with Gasteiger partial charge in [-0.05, 0) is 90.5 Å². The Kier molecular flexibility index (Phi) is 23.0. The van der Waals surface area contributed by atoms with Crippen LogP contribution in [0.25, 0.3) is 11.3 Å². The van der Waals surface area contributed by atoms with Gasteiger partial charge in [-0.15, -0.1) is 0 Å². The van der Waals surface area contributed by atoms with Crippen LogP contribution in [0, 0.1) is 0 Å². The molecule has 16 heteroatoms. The van der Waals surface area contributed by atoms with Crippen LogP contribution in [0.2, 0.25) is 5.15 Å². The van der Waals surface area contributed by atoms with E-state index in [-0.39, 0.29) is 17.7 Å². The molecule has 3 amide bonds. The average molecular weight is 1010 g/mol. The Bertz CT molecular complexity index is 2600. The first-order valence-corrected chi connectivity index (χ1v) is 26.1. The fourth-order valence-electron chi connectivity index (χ4n) is 7.47. The summed E-state index contributed by atoms with van der Waals surface area (Å²) in [5, 5.41) is 12.7. The van der Waals surface area contributed by atoms with Gasteiger partial charge < -0.3 is 20.5 Å². The van der Waals surface area contributed by atoms with Gasteiger partial charge in [0.25, 0.3) is 5.91 Å². The van der Waals surface area contributed by atoms with Crippen molar-refractivity contribution >= 4 is 58.4 Å². The van der Waals surface area contributed by atoms with Crippen LogP contribution >= 0.6 is 11.6 Å². The van der Waals surface area contributed by atoms with Crippen LogP contribution < -0.4 is 20.9 Å². The molecule has 6 rings (SSSR count). The molecule has 0 aliphatic carbocycles. The molecule has 72 heavy (non-hydrogen) atoms. The lowest BCUT2D eigenvalue weighted by atomic mass is 10.1. The zero-order valence-corrected chi connectivity index (χ0v) is 45.8. The van der Waals surface area contributed by atoms with Crippen molar-refractivity contribution in [2.45, 2.75) is 177 Å². The second kappa shape index (κ2) is 28.3. The molecule has 4 aromatic heterocycles. The Labute approximate surface area is 433 Å². The van der Waals surface area contributed by atoms with E-state index >= 15 is 0 Å². The zero-order valence-electron chi connectivity index (χ0n) is 45.0. The first kappa shape index (κ1) is 58.5. The van der Waals surface area contributed by atoms with E-state index in [0.717, 1.165) is 47.5 Å². The highest BCUT2D eigenvalue weighted by molar-refractivity contribution is 6.29. The van der Waals surface area contributed by atoms with Gasteiger partial charge in [0, 0.05) is 35.4 Å². The summed E-state index contributed by atoms with van der Waals surface area (Å²) in [5.41, 5.74) is 8.36. The number of hydrogen-bond donors (Lipinski definition) is 2. The summed E-state index contributed by atoms with van der Waals surface area (Å²) in [6.07, 6.45) is 14.6. The lowest BCUT2D eigenvalue weighted by Gasteiger charge is -2.27. The molecular formula is C56H81ClN10O5. The predicted molar refractivity (Wildman–Crippen MR) is 293 cm³/mol. The molecule has 6 aromatic rings. The second-order valence-corrected chi connectivity index (χ2v) is 20.9. The van der Waals surface area contributed by atoms with Gasteiger partial charge in [-0.1, -0.05) is 153 Å². The molecule has 15 nitrogen and oxygen atoms in total. The summed E-state index contributed by atoms with van der Waals surface area (Å²) in [6.45, 7) is 25.4. The molecule has 0 fully saturated rings. The number of amides is 3. The van der Waals surface area contributed by atoms with E-state index < -0.39 is 29.3 Å². The number of ether oxygens (including phenoxy) is 2. The minimum absolute atomic E-state index is 0.159. The number of benzene rings is 2. The van der Waals surface area contributed by atoms with Crippen LogP contribution in [-0.4, -0.2) is 71.6 Å². The van der Waals surface area contributed by atoms with Crippen LogP contribution in [-0.2, 0) is 16.0 Å². The zero-order chi connectivity index (χ0) is 53.0. The van der Waals surface area contributed by atoms with E-state index in [1.165, 1.54) is 56.3 Å². The van der Waals surface area contributed by atoms with Crippen molar-refractivity contribution < 1.29 is 23.9 Å². The molecule has 0 spiro atoms. The summed E-state index contributed by atoms with van der Waals surface area (Å²) in [7, 11) is 0. The number of unbranched alkanes of at least 4 members (excludes halogenated alkanes) is 8. The van der Waals surface area contributed by atoms with Crippen LogP contribution in [0.4, 0.5) is 27.0 Å². The molecular weight excluding hydrogens is 928 g/mol. The van der Waals surface area contributed by atoms with Crippen molar-refractivity contribution in [1.29, 1.82) is 0 Å². The Morgan fingerprint density at radius 3 is 1.69 bits per heavy atom. The minimum Gasteiger partial charge on any atom is -0.443 e. The summed E-state index contributed by atoms with van der Waals surface area (Å²) in [4.78, 5) is 52.0. The van der Waals surface area contributed by atoms with E-state index in [0.29, 0.717) is 40.2 Å². The smallest absolute Gasteiger partial charge is 0.423 e. The maximum absolute atomic E-state index is 13.7. The lowest BCUT2D eigenvalue weighted by molar-refractivity contribution is 0.0554. The third-order valence-corrected chi connectivity index (χ3v) is 11.4. The monoisotopic (exact) mass is 1010 g/mol. The highest BCUT2D eigenvalue weighted by Crippen LogP contribution is 2.30. The number of hydrogen-bond acceptors (Lipinski definition) is 11. The lowest BCUT2D eigenvalue weighted by Crippen LogP contribution is -2.42. The number of halogens is 1. The molecule has 0 unspecified atom stereocenters. The maximum atomic E-state index is 13.7. The summed E-state index contributed by atoms with van der Waals surface area (Å²) < 4.78 is 14.5. The van der Waals surface area contributed by atoms with Crippen LogP contribution in [0.5, 0.6) is 0 Å². The average Bonchev–Trinajstić information content (AvgIpc) is 3.96. The number of carbonyl (C=O) groups excluding carboxylic acids is 3. The first-order chi connectivity index (χ1) is 34.2. The van der Waals surface area contributed by atoms with E-state index in [1.807, 2.05) is 57.2 Å². The highest BCUT2D eigenvalue weighted by atomic mass is 35.5. The Balaban J connectivity index is 0.000000277. The second-order valence-electron chi connectivity index (χ2n) is 20.5. The normalized spacial score (nSPS) is 11.5. The van der Waals surface area contributed by atoms with Gasteiger partial charge in [0.15, 0.2) is 17.1 Å². The number of aromatic nitrogens is 6. The van der Waals surface area contributed by atoms with Crippen molar-refractivity contribution in [1.82, 2.24) is 29.2 Å². The van der Waals surface area contributed by atoms with Crippen molar-refractivity contribution in [3.8, 4) is 0 Å². The van der Waals surface area contributed by atoms with Gasteiger partial charge in [-0.2, -0.15) is 24.1 Å². The number of imide groups is 1. The summed E-state index contributed by atoms with van der Waals surface area (Å²) in [6, 6.07) is 21.8. The number of carbonyl (C=O) groups is 3. The Morgan fingerprint density at radius 2 is 1.17 bits per heavy atom. The van der Waals surface area contributed by atoms with Gasteiger partial charge in [-0.25, -0.2) is 19.6 Å². The molecule has 0 radical (unpaired) electrons. The summed E-state index contributed by atoms with van der Waals surface area (Å²) >= 11 is 6.31. The standard InChI is InChI=1S/C28H39N5O3.C21H25ClN4O2.C7H17N/c1-7-8-9-10-14-17-29-23-18-24(33-25(31-23)22(19-30-33)20(2)3)32(27(35)36-28(4,5)6)26(34)21-15-12-11-13-16-21;1-14(2)16-12-23-26-18(11-17(22)24-19(16)26)25(20(27)28-21(3,4)5)13-15-9-7-6-8-10-15;1-2-3-4-5-6-7-8/h11-13,15-16,18-20H,7-10,14,17H2,1-6H3,(H,29,31);6-12,14H,13H2,1-5H3;2-8H2,1H3. The number of nitrogens with two attached hydrogens (primary N) is 1. The molecule has 0 saturated heterocycles. The molecule has 0 bridgehead atoms. The van der Waals surface area contributed by atoms with Gasteiger partial charge in [0.2, 0.25) is 0 Å². The van der Waals surface area contributed by atoms with E-state index in [4.69, 9.17) is 31.8 Å². The van der Waals surface area contributed by atoms with Crippen molar-refractivity contribution in [2.24, 2.45) is 5.73 Å². The molecule has 0 atom stereocenters. The number of nitrogens with zero attached hydrogens (tertiary/aromatic N) is 8. The van der Waals surface area contributed by atoms with Crippen LogP contribution in [0.1, 0.15) is 186 Å². The summed E-state index contributed by atoms with van der Waals surface area (Å²) in [5.74, 6) is 1.27. The highest BCUT2D eigenvalue weighted by Gasteiger charge is 2.33. The molecule has 3 N–H and O–H groups in total. The molecule has 0 aliphatic rings. The molecule has 0 aliphatic heterocycles. The fourth-order valence-corrected chi connectivity index (χ4v) is 7.65. The molecule has 2 aromatic carbocycles. The maximum Gasteiger partial charge on any atom is 0.423 e. The van der Waals surface area contributed by atoms with Gasteiger partial charge in [-0.3, -0.25) is 9.69 Å². The quantitative estimate of drug-likeness (QED) is 0.0583. The van der Waals surface area contributed by atoms with Crippen molar-refractivity contribution in [3.05, 3.63) is 113 Å². The van der Waals surface area contributed by atoms with E-state index in [9.17, 15) is 14.4 Å². The third kappa shape index (κ3) is 17.9. The number of anilines is 3. The van der Waals surface area contributed by atoms with Crippen LogP contribution in [0.3, 0.4) is 0 Å². The molecule has 0 saturated carbocycles. The fraction of sp³-hybridized carbons (Fsp3) is 0.518. The Morgan fingerprint density at radius 1 is 0.667 bits per heavy atom. The predicted octanol–water partition coefficient (Wildman–Crippen LogP) is 14.2. The number of rotatable bonds is 19. The third-order valence-electron chi connectivity index (χ3n) is 11.2. The number of fused-ring (bicyclic) bond motifs is 2. The molecule has 392 valence electrons. The topological polar surface area (TPSA) is 175 Å². The van der Waals surface area contributed by atoms with Gasteiger partial charge in [0.05, 0.1) is 18.9 Å². The molecule has 4 heterocycles. The van der Waals surface area contributed by atoms with Crippen molar-refractivity contribution in [3.63, 3.8) is 0 Å². The number of nitrogens with one attached hydrogen (secondary N) is 1. The SMILES string of the molecule is CC(C)c1cnn2c(N(Cc3ccccc3)C(=O)OC(C)(C)C)cc(Cl)nc12.CCCCCCCN.CCCCCCCNc1cc(N(C(=O)OC(C)(C)C)C(=O)c2ccccc2)n2ncc(C(C)C)c2n1. The first-order valence-electron chi connectivity index (χ1n) is 25.7. The van der Waals surface area contributed by atoms with Crippen LogP contribution in [0.15, 0.2) is 85.2 Å². The van der Waals surface area contributed by atoms with Crippen molar-refractivity contribution in [2.75, 3.05) is 28.2 Å².